The first-order valence-electron chi connectivity index (χ1n) is 10.1. The number of thioether (sulfide) groups is 1. The third-order valence-electron chi connectivity index (χ3n) is 4.95. The molecule has 0 radical (unpaired) electrons. The molecule has 156 valence electrons. The van der Waals surface area contributed by atoms with E-state index in [0.717, 1.165) is 35.7 Å². The number of benzene rings is 2. The number of anilines is 3. The van der Waals surface area contributed by atoms with Crippen molar-refractivity contribution < 1.29 is 4.79 Å². The SMILES string of the molecule is CC(C)N(C(=O)CSc1nnc(C2CC2)n1N)c1ccc(Nc2ccccc2)cc1. The maximum Gasteiger partial charge on any atom is 0.237 e. The molecule has 8 heteroatoms. The second-order valence-electron chi connectivity index (χ2n) is 7.67. The lowest BCUT2D eigenvalue weighted by Gasteiger charge is -2.27. The standard InChI is InChI=1S/C22H26N6OS/c1-15(2)27(19-12-10-18(11-13-19)24-17-6-4-3-5-7-17)20(29)14-30-22-26-25-21(28(22)23)16-8-9-16/h3-7,10-13,15-16,24H,8-9,14,23H2,1-2H3. The van der Waals surface area contributed by atoms with Crippen LogP contribution in [0, 0.1) is 0 Å². The van der Waals surface area contributed by atoms with E-state index in [1.54, 1.807) is 4.90 Å². The Balaban J connectivity index is 1.41. The Morgan fingerprint density at radius 2 is 1.80 bits per heavy atom. The Morgan fingerprint density at radius 1 is 1.13 bits per heavy atom. The predicted octanol–water partition coefficient (Wildman–Crippen LogP) is 4.15. The number of nitrogens with two attached hydrogens (primary N) is 1. The van der Waals surface area contributed by atoms with E-state index >= 15 is 0 Å². The van der Waals surface area contributed by atoms with E-state index in [0.29, 0.717) is 11.1 Å². The first kappa shape index (κ1) is 20.3. The van der Waals surface area contributed by atoms with Gasteiger partial charge in [-0.2, -0.15) is 0 Å². The van der Waals surface area contributed by atoms with Crippen LogP contribution >= 0.6 is 11.8 Å². The van der Waals surface area contributed by atoms with Crippen LogP contribution in [0.1, 0.15) is 38.4 Å². The fourth-order valence-electron chi connectivity index (χ4n) is 3.33. The summed E-state index contributed by atoms with van der Waals surface area (Å²) in [4.78, 5) is 14.8. The number of hydrogen-bond donors (Lipinski definition) is 2. The molecule has 3 aromatic rings. The molecular formula is C22H26N6OS. The highest BCUT2D eigenvalue weighted by molar-refractivity contribution is 7.99. The van der Waals surface area contributed by atoms with Crippen molar-refractivity contribution in [3.05, 3.63) is 60.4 Å². The van der Waals surface area contributed by atoms with Crippen molar-refractivity contribution in [1.82, 2.24) is 14.9 Å². The summed E-state index contributed by atoms with van der Waals surface area (Å²) >= 11 is 1.33. The van der Waals surface area contributed by atoms with Gasteiger partial charge in [-0.25, -0.2) is 4.68 Å². The molecule has 1 heterocycles. The normalized spacial score (nSPS) is 13.4. The Hall–Kier alpha value is -3.00. The maximum atomic E-state index is 13.0. The zero-order valence-corrected chi connectivity index (χ0v) is 18.0. The summed E-state index contributed by atoms with van der Waals surface area (Å²) in [5, 5.41) is 12.3. The molecule has 0 aliphatic heterocycles. The van der Waals surface area contributed by atoms with E-state index < -0.39 is 0 Å². The zero-order chi connectivity index (χ0) is 21.1. The van der Waals surface area contributed by atoms with Crippen molar-refractivity contribution in [2.45, 2.75) is 43.8 Å². The third kappa shape index (κ3) is 4.59. The van der Waals surface area contributed by atoms with E-state index in [9.17, 15) is 4.79 Å². The Labute approximate surface area is 180 Å². The van der Waals surface area contributed by atoms with Gasteiger partial charge in [-0.15, -0.1) is 10.2 Å². The van der Waals surface area contributed by atoms with Crippen molar-refractivity contribution >= 4 is 34.7 Å². The van der Waals surface area contributed by atoms with E-state index in [4.69, 9.17) is 5.84 Å². The third-order valence-corrected chi connectivity index (χ3v) is 5.88. The smallest absolute Gasteiger partial charge is 0.237 e. The topological polar surface area (TPSA) is 89.1 Å². The molecule has 0 bridgehead atoms. The minimum absolute atomic E-state index is 0.00902. The maximum absolute atomic E-state index is 13.0. The summed E-state index contributed by atoms with van der Waals surface area (Å²) in [5.74, 6) is 7.59. The van der Waals surface area contributed by atoms with Crippen LogP contribution in [0.3, 0.4) is 0 Å². The lowest BCUT2D eigenvalue weighted by Crippen LogP contribution is -2.38. The van der Waals surface area contributed by atoms with Crippen molar-refractivity contribution in [2.75, 3.05) is 21.8 Å². The van der Waals surface area contributed by atoms with Gasteiger partial charge in [0.25, 0.3) is 0 Å². The molecule has 1 amide bonds. The summed E-state index contributed by atoms with van der Waals surface area (Å²) in [5.41, 5.74) is 2.86. The van der Waals surface area contributed by atoms with Crippen molar-refractivity contribution in [1.29, 1.82) is 0 Å². The van der Waals surface area contributed by atoms with Gasteiger partial charge in [0, 0.05) is 29.0 Å². The van der Waals surface area contributed by atoms with Gasteiger partial charge >= 0.3 is 0 Å². The minimum Gasteiger partial charge on any atom is -0.356 e. The molecule has 4 rings (SSSR count). The van der Waals surface area contributed by atoms with Crippen molar-refractivity contribution in [2.24, 2.45) is 0 Å². The average molecular weight is 423 g/mol. The second kappa shape index (κ2) is 8.79. The summed E-state index contributed by atoms with van der Waals surface area (Å²) in [6.07, 6.45) is 2.21. The molecular weight excluding hydrogens is 396 g/mol. The molecule has 1 fully saturated rings. The van der Waals surface area contributed by atoms with Crippen LogP contribution in [0.25, 0.3) is 0 Å². The minimum atomic E-state index is 0.00902. The molecule has 1 aliphatic carbocycles. The number of nitrogens with zero attached hydrogens (tertiary/aromatic N) is 4. The van der Waals surface area contributed by atoms with Crippen LogP contribution in [-0.4, -0.2) is 32.6 Å². The largest absolute Gasteiger partial charge is 0.356 e. The molecule has 0 unspecified atom stereocenters. The number of carbonyl (C=O) groups is 1. The van der Waals surface area contributed by atoms with E-state index in [1.165, 1.54) is 16.4 Å². The van der Waals surface area contributed by atoms with Crippen LogP contribution < -0.4 is 16.1 Å². The van der Waals surface area contributed by atoms with Gasteiger partial charge < -0.3 is 16.1 Å². The van der Waals surface area contributed by atoms with Gasteiger partial charge in [-0.05, 0) is 63.1 Å². The lowest BCUT2D eigenvalue weighted by molar-refractivity contribution is -0.116. The molecule has 0 spiro atoms. The Kier molecular flexibility index (Phi) is 5.94. The fraction of sp³-hybridized carbons (Fsp3) is 0.318. The highest BCUT2D eigenvalue weighted by Crippen LogP contribution is 2.39. The van der Waals surface area contributed by atoms with E-state index in [1.807, 2.05) is 68.4 Å². The van der Waals surface area contributed by atoms with Gasteiger partial charge in [0.15, 0.2) is 5.82 Å². The van der Waals surface area contributed by atoms with Gasteiger partial charge in [-0.3, -0.25) is 4.79 Å². The lowest BCUT2D eigenvalue weighted by atomic mass is 10.2. The van der Waals surface area contributed by atoms with E-state index in [-0.39, 0.29) is 17.7 Å². The number of nitrogens with one attached hydrogen (secondary N) is 1. The summed E-state index contributed by atoms with van der Waals surface area (Å²) < 4.78 is 1.53. The van der Waals surface area contributed by atoms with Crippen LogP contribution in [-0.2, 0) is 4.79 Å². The van der Waals surface area contributed by atoms with Crippen molar-refractivity contribution in [3.8, 4) is 0 Å². The Morgan fingerprint density at radius 3 is 2.43 bits per heavy atom. The van der Waals surface area contributed by atoms with Gasteiger partial charge in [-0.1, -0.05) is 30.0 Å². The van der Waals surface area contributed by atoms with Crippen LogP contribution in [0.5, 0.6) is 0 Å². The number of para-hydroxylation sites is 1. The number of aromatic nitrogens is 3. The van der Waals surface area contributed by atoms with Crippen LogP contribution in [0.15, 0.2) is 59.8 Å². The predicted molar refractivity (Wildman–Crippen MR) is 122 cm³/mol. The monoisotopic (exact) mass is 422 g/mol. The summed E-state index contributed by atoms with van der Waals surface area (Å²) in [7, 11) is 0. The molecule has 0 saturated heterocycles. The van der Waals surface area contributed by atoms with Gasteiger partial charge in [0.05, 0.1) is 5.75 Å². The van der Waals surface area contributed by atoms with Gasteiger partial charge in [0.1, 0.15) is 0 Å². The van der Waals surface area contributed by atoms with Crippen molar-refractivity contribution in [3.63, 3.8) is 0 Å². The molecule has 1 aliphatic rings. The van der Waals surface area contributed by atoms with E-state index in [2.05, 4.69) is 15.5 Å². The molecule has 3 N–H and O–H groups in total. The molecule has 1 aromatic heterocycles. The zero-order valence-electron chi connectivity index (χ0n) is 17.2. The number of nitrogen functional groups attached to an aromatic ring is 1. The second-order valence-corrected chi connectivity index (χ2v) is 8.61. The molecule has 1 saturated carbocycles. The fourth-order valence-corrected chi connectivity index (χ4v) is 4.05. The number of hydrogen-bond acceptors (Lipinski definition) is 6. The first-order chi connectivity index (χ1) is 14.5. The molecule has 0 atom stereocenters. The summed E-state index contributed by atoms with van der Waals surface area (Å²) in [6.45, 7) is 4.02. The van der Waals surface area contributed by atoms with Gasteiger partial charge in [0.2, 0.25) is 11.1 Å². The number of carbonyl (C=O) groups excluding carboxylic acids is 1. The number of rotatable bonds is 8. The first-order valence-corrected chi connectivity index (χ1v) is 11.1. The average Bonchev–Trinajstić information content (AvgIpc) is 3.51. The number of amides is 1. The highest BCUT2D eigenvalue weighted by Gasteiger charge is 2.30. The quantitative estimate of drug-likeness (QED) is 0.419. The molecule has 7 nitrogen and oxygen atoms in total. The summed E-state index contributed by atoms with van der Waals surface area (Å²) in [6, 6.07) is 17.9. The van der Waals surface area contributed by atoms with Crippen LogP contribution in [0.4, 0.5) is 17.1 Å². The highest BCUT2D eigenvalue weighted by atomic mass is 32.2. The molecule has 30 heavy (non-hydrogen) atoms. The van der Waals surface area contributed by atoms with Crippen LogP contribution in [0.2, 0.25) is 0 Å². The Bertz CT molecular complexity index is 998. The molecule has 2 aromatic carbocycles.